The van der Waals surface area contributed by atoms with Crippen LogP contribution >= 0.6 is 12.4 Å². The Labute approximate surface area is 143 Å². The number of halogens is 1. The number of carbonyl (C=O) groups is 1. The summed E-state index contributed by atoms with van der Waals surface area (Å²) in [5, 5.41) is 16.0. The molecule has 2 rings (SSSR count). The van der Waals surface area contributed by atoms with Crippen molar-refractivity contribution in [3.63, 3.8) is 0 Å². The molecule has 0 aliphatic carbocycles. The Bertz CT molecular complexity index is 493. The molecule has 3 N–H and O–H groups in total. The summed E-state index contributed by atoms with van der Waals surface area (Å²) in [5.74, 6) is 0.550. The number of rotatable bonds is 6. The van der Waals surface area contributed by atoms with Gasteiger partial charge in [0.25, 0.3) is 0 Å². The fourth-order valence-electron chi connectivity index (χ4n) is 2.24. The number of carbonyl (C=O) groups excluding carboxylic acids is 1. The molecule has 7 heteroatoms. The van der Waals surface area contributed by atoms with E-state index in [-0.39, 0.29) is 37.0 Å². The van der Waals surface area contributed by atoms with E-state index >= 15 is 0 Å². The number of hydrogen-bond acceptors (Lipinski definition) is 5. The molecule has 130 valence electrons. The van der Waals surface area contributed by atoms with Crippen molar-refractivity contribution in [2.24, 2.45) is 0 Å². The summed E-state index contributed by atoms with van der Waals surface area (Å²) in [4.78, 5) is 12.0. The summed E-state index contributed by atoms with van der Waals surface area (Å²) in [6.07, 6.45) is -0.700. The lowest BCUT2D eigenvalue weighted by molar-refractivity contribution is -0.126. The Balaban J connectivity index is 0.00000264. The summed E-state index contributed by atoms with van der Waals surface area (Å²) < 4.78 is 10.8. The number of amides is 1. The van der Waals surface area contributed by atoms with Crippen LogP contribution in [0.4, 0.5) is 0 Å². The smallest absolute Gasteiger partial charge is 0.239 e. The number of hydrogen-bond donors (Lipinski definition) is 3. The van der Waals surface area contributed by atoms with Crippen LogP contribution in [0.5, 0.6) is 5.75 Å². The van der Waals surface area contributed by atoms with Crippen molar-refractivity contribution < 1.29 is 19.4 Å². The van der Waals surface area contributed by atoms with Gasteiger partial charge in [-0.2, -0.15) is 0 Å². The van der Waals surface area contributed by atoms with Crippen LogP contribution in [0.2, 0.25) is 0 Å². The third kappa shape index (κ3) is 6.35. The third-order valence-corrected chi connectivity index (χ3v) is 3.32. The van der Waals surface area contributed by atoms with Crippen molar-refractivity contribution in [1.29, 1.82) is 0 Å². The van der Waals surface area contributed by atoms with Crippen molar-refractivity contribution in [1.82, 2.24) is 10.6 Å². The molecule has 1 amide bonds. The molecular formula is C16H25ClN2O4. The Kier molecular flexibility index (Phi) is 8.33. The number of nitrogens with one attached hydrogen (secondary N) is 2. The SMILES string of the molecule is CC(C)Oc1cccc(C(O)CNC(=O)C2COCCN2)c1.Cl. The standard InChI is InChI=1S/C16H24N2O4.ClH/c1-11(2)22-13-5-3-4-12(8-13)15(19)9-18-16(20)14-10-21-7-6-17-14;/h3-5,8,11,14-15,17,19H,6-7,9-10H2,1-2H3,(H,18,20);1H. The van der Waals surface area contributed by atoms with Crippen LogP contribution in [-0.4, -0.2) is 49.5 Å². The quantitative estimate of drug-likeness (QED) is 0.718. The number of ether oxygens (including phenoxy) is 2. The highest BCUT2D eigenvalue weighted by molar-refractivity contribution is 5.85. The minimum absolute atomic E-state index is 0. The fraction of sp³-hybridized carbons (Fsp3) is 0.562. The van der Waals surface area contributed by atoms with Gasteiger partial charge in [0, 0.05) is 13.1 Å². The molecule has 23 heavy (non-hydrogen) atoms. The van der Waals surface area contributed by atoms with Gasteiger partial charge in [-0.1, -0.05) is 12.1 Å². The Morgan fingerprint density at radius 2 is 2.30 bits per heavy atom. The van der Waals surface area contributed by atoms with Crippen molar-refractivity contribution >= 4 is 18.3 Å². The first-order chi connectivity index (χ1) is 10.6. The molecule has 1 aromatic rings. The predicted octanol–water partition coefficient (Wildman–Crippen LogP) is 1.03. The lowest BCUT2D eigenvalue weighted by Gasteiger charge is -2.23. The monoisotopic (exact) mass is 344 g/mol. The lowest BCUT2D eigenvalue weighted by atomic mass is 10.1. The molecule has 2 unspecified atom stereocenters. The summed E-state index contributed by atoms with van der Waals surface area (Å²) in [7, 11) is 0. The molecule has 1 fully saturated rings. The number of benzene rings is 1. The van der Waals surface area contributed by atoms with Crippen molar-refractivity contribution in [3.8, 4) is 5.75 Å². The fourth-order valence-corrected chi connectivity index (χ4v) is 2.24. The van der Waals surface area contributed by atoms with Gasteiger partial charge in [-0.15, -0.1) is 12.4 Å². The zero-order chi connectivity index (χ0) is 15.9. The molecule has 6 nitrogen and oxygen atoms in total. The van der Waals surface area contributed by atoms with E-state index in [1.54, 1.807) is 6.07 Å². The second-order valence-corrected chi connectivity index (χ2v) is 5.58. The van der Waals surface area contributed by atoms with Crippen LogP contribution in [0, 0.1) is 0 Å². The summed E-state index contributed by atoms with van der Waals surface area (Å²) in [6.45, 7) is 5.69. The molecular weight excluding hydrogens is 320 g/mol. The van der Waals surface area contributed by atoms with Crippen LogP contribution in [0.1, 0.15) is 25.5 Å². The Morgan fingerprint density at radius 1 is 1.52 bits per heavy atom. The summed E-state index contributed by atoms with van der Waals surface area (Å²) in [6, 6.07) is 6.92. The zero-order valence-electron chi connectivity index (χ0n) is 13.5. The third-order valence-electron chi connectivity index (χ3n) is 3.32. The van der Waals surface area contributed by atoms with E-state index in [0.29, 0.717) is 31.1 Å². The maximum absolute atomic E-state index is 12.0. The van der Waals surface area contributed by atoms with Crippen LogP contribution in [0.3, 0.4) is 0 Å². The summed E-state index contributed by atoms with van der Waals surface area (Å²) in [5.41, 5.74) is 0.714. The molecule has 1 saturated heterocycles. The van der Waals surface area contributed by atoms with Gasteiger partial charge in [-0.25, -0.2) is 0 Å². The maximum atomic E-state index is 12.0. The predicted molar refractivity (Wildman–Crippen MR) is 90.0 cm³/mol. The first kappa shape index (κ1) is 19.7. The van der Waals surface area contributed by atoms with E-state index < -0.39 is 6.10 Å². The maximum Gasteiger partial charge on any atom is 0.239 e. The van der Waals surface area contributed by atoms with Gasteiger partial charge in [0.05, 0.1) is 25.4 Å². The van der Waals surface area contributed by atoms with E-state index in [0.717, 1.165) is 0 Å². The average Bonchev–Trinajstić information content (AvgIpc) is 2.52. The van der Waals surface area contributed by atoms with Gasteiger partial charge in [-0.05, 0) is 31.5 Å². The Morgan fingerprint density at radius 3 is 2.96 bits per heavy atom. The van der Waals surface area contributed by atoms with Gasteiger partial charge in [-0.3, -0.25) is 4.79 Å². The molecule has 1 heterocycles. The highest BCUT2D eigenvalue weighted by Crippen LogP contribution is 2.19. The van der Waals surface area contributed by atoms with E-state index in [2.05, 4.69) is 10.6 Å². The van der Waals surface area contributed by atoms with Crippen molar-refractivity contribution in [2.45, 2.75) is 32.1 Å². The zero-order valence-corrected chi connectivity index (χ0v) is 14.3. The van der Waals surface area contributed by atoms with Gasteiger partial charge < -0.3 is 25.2 Å². The first-order valence-electron chi connectivity index (χ1n) is 7.60. The van der Waals surface area contributed by atoms with E-state index in [4.69, 9.17) is 9.47 Å². The van der Waals surface area contributed by atoms with E-state index in [1.807, 2.05) is 32.0 Å². The highest BCUT2D eigenvalue weighted by atomic mass is 35.5. The number of aliphatic hydroxyl groups excluding tert-OH is 1. The number of morpholine rings is 1. The van der Waals surface area contributed by atoms with Crippen molar-refractivity contribution in [2.75, 3.05) is 26.3 Å². The largest absolute Gasteiger partial charge is 0.491 e. The van der Waals surface area contributed by atoms with Crippen LogP contribution < -0.4 is 15.4 Å². The molecule has 1 aliphatic heterocycles. The second kappa shape index (κ2) is 9.72. The first-order valence-corrected chi connectivity index (χ1v) is 7.60. The van der Waals surface area contributed by atoms with Crippen LogP contribution in [0.15, 0.2) is 24.3 Å². The minimum atomic E-state index is -0.774. The number of aliphatic hydroxyl groups is 1. The second-order valence-electron chi connectivity index (χ2n) is 5.58. The van der Waals surface area contributed by atoms with Gasteiger partial charge in [0.2, 0.25) is 5.91 Å². The lowest BCUT2D eigenvalue weighted by Crippen LogP contribution is -2.51. The van der Waals surface area contributed by atoms with Crippen molar-refractivity contribution in [3.05, 3.63) is 29.8 Å². The van der Waals surface area contributed by atoms with E-state index in [9.17, 15) is 9.90 Å². The molecule has 0 spiro atoms. The normalized spacial score (nSPS) is 18.9. The van der Waals surface area contributed by atoms with Gasteiger partial charge in [0.1, 0.15) is 11.8 Å². The molecule has 1 aromatic carbocycles. The molecule has 2 atom stereocenters. The van der Waals surface area contributed by atoms with Gasteiger partial charge >= 0.3 is 0 Å². The molecule has 0 aromatic heterocycles. The van der Waals surface area contributed by atoms with Gasteiger partial charge in [0.15, 0.2) is 0 Å². The summed E-state index contributed by atoms with van der Waals surface area (Å²) >= 11 is 0. The molecule has 0 saturated carbocycles. The molecule has 0 radical (unpaired) electrons. The van der Waals surface area contributed by atoms with E-state index in [1.165, 1.54) is 0 Å². The van der Waals surface area contributed by atoms with Crippen LogP contribution in [0.25, 0.3) is 0 Å². The van der Waals surface area contributed by atoms with Crippen LogP contribution in [-0.2, 0) is 9.53 Å². The average molecular weight is 345 g/mol. The Hall–Kier alpha value is -1.34. The highest BCUT2D eigenvalue weighted by Gasteiger charge is 2.21. The molecule has 1 aliphatic rings. The topological polar surface area (TPSA) is 79.8 Å². The molecule has 0 bridgehead atoms. The minimum Gasteiger partial charge on any atom is -0.491 e.